The Morgan fingerprint density at radius 2 is 2.00 bits per heavy atom. The lowest BCUT2D eigenvalue weighted by molar-refractivity contribution is 0.281. The van der Waals surface area contributed by atoms with Crippen LogP contribution in [0.1, 0.15) is 23.7 Å². The normalized spacial score (nSPS) is 10.4. The van der Waals surface area contributed by atoms with E-state index in [1.165, 1.54) is 5.56 Å². The highest BCUT2D eigenvalue weighted by Crippen LogP contribution is 2.22. The highest BCUT2D eigenvalue weighted by atomic mass is 16.5. The van der Waals surface area contributed by atoms with Gasteiger partial charge in [0.05, 0.1) is 6.61 Å². The maximum atomic E-state index is 9.15. The Kier molecular flexibility index (Phi) is 3.95. The molecule has 18 heavy (non-hydrogen) atoms. The molecule has 2 rings (SSSR count). The molecule has 0 aliphatic rings. The minimum absolute atomic E-state index is 0.00524. The maximum Gasteiger partial charge on any atom is 0.219 e. The summed E-state index contributed by atoms with van der Waals surface area (Å²) in [6, 6.07) is 11.5. The minimum atomic E-state index is -0.00524. The molecule has 0 saturated heterocycles. The van der Waals surface area contributed by atoms with Gasteiger partial charge in [-0.05, 0) is 42.7 Å². The first-order chi connectivity index (χ1) is 8.71. The van der Waals surface area contributed by atoms with Crippen molar-refractivity contribution in [3.63, 3.8) is 0 Å². The van der Waals surface area contributed by atoms with Crippen LogP contribution in [0.15, 0.2) is 36.4 Å². The van der Waals surface area contributed by atoms with E-state index in [2.05, 4.69) is 18.0 Å². The van der Waals surface area contributed by atoms with Crippen LogP contribution >= 0.6 is 0 Å². The van der Waals surface area contributed by atoms with Gasteiger partial charge in [-0.1, -0.05) is 19.1 Å². The van der Waals surface area contributed by atoms with Crippen molar-refractivity contribution in [2.24, 2.45) is 0 Å². The van der Waals surface area contributed by atoms with Crippen molar-refractivity contribution in [2.45, 2.75) is 26.9 Å². The second kappa shape index (κ2) is 5.65. The van der Waals surface area contributed by atoms with E-state index in [9.17, 15) is 0 Å². The molecule has 0 unspecified atom stereocenters. The van der Waals surface area contributed by atoms with Crippen molar-refractivity contribution in [1.82, 2.24) is 4.98 Å². The van der Waals surface area contributed by atoms with Gasteiger partial charge in [-0.3, -0.25) is 0 Å². The maximum absolute atomic E-state index is 9.15. The van der Waals surface area contributed by atoms with Gasteiger partial charge in [0.2, 0.25) is 5.88 Å². The fourth-order valence-electron chi connectivity index (χ4n) is 1.80. The van der Waals surface area contributed by atoms with E-state index >= 15 is 0 Å². The average Bonchev–Trinajstić information content (AvgIpc) is 2.38. The van der Waals surface area contributed by atoms with Crippen molar-refractivity contribution >= 4 is 0 Å². The molecular weight excluding hydrogens is 226 g/mol. The zero-order valence-corrected chi connectivity index (χ0v) is 10.7. The molecule has 1 aromatic heterocycles. The summed E-state index contributed by atoms with van der Waals surface area (Å²) in [5.74, 6) is 1.30. The van der Waals surface area contributed by atoms with Crippen LogP contribution in [0.5, 0.6) is 11.6 Å². The van der Waals surface area contributed by atoms with Crippen LogP contribution in [-0.4, -0.2) is 10.1 Å². The number of aliphatic hydroxyl groups excluding tert-OH is 1. The quantitative estimate of drug-likeness (QED) is 0.896. The van der Waals surface area contributed by atoms with E-state index in [1.54, 1.807) is 6.07 Å². The lowest BCUT2D eigenvalue weighted by Crippen LogP contribution is -1.94. The van der Waals surface area contributed by atoms with Crippen LogP contribution in [0.3, 0.4) is 0 Å². The third kappa shape index (κ3) is 3.08. The highest BCUT2D eigenvalue weighted by Gasteiger charge is 2.03. The second-order valence-electron chi connectivity index (χ2n) is 4.22. The number of nitrogens with zero attached hydrogens (tertiary/aromatic N) is 1. The summed E-state index contributed by atoms with van der Waals surface area (Å²) in [6.45, 7) is 3.98. The Bertz CT molecular complexity index is 538. The zero-order chi connectivity index (χ0) is 13.0. The first-order valence-corrected chi connectivity index (χ1v) is 6.06. The van der Waals surface area contributed by atoms with Crippen LogP contribution < -0.4 is 4.74 Å². The molecule has 0 saturated carbocycles. The Morgan fingerprint density at radius 3 is 2.72 bits per heavy atom. The van der Waals surface area contributed by atoms with E-state index in [0.717, 1.165) is 23.4 Å². The summed E-state index contributed by atoms with van der Waals surface area (Å²) in [5.41, 5.74) is 2.87. The van der Waals surface area contributed by atoms with E-state index in [1.807, 2.05) is 31.2 Å². The van der Waals surface area contributed by atoms with Crippen LogP contribution in [0, 0.1) is 6.92 Å². The van der Waals surface area contributed by atoms with Crippen molar-refractivity contribution < 1.29 is 9.84 Å². The molecule has 0 atom stereocenters. The number of aromatic nitrogens is 1. The van der Waals surface area contributed by atoms with Gasteiger partial charge in [-0.15, -0.1) is 0 Å². The molecule has 1 N–H and O–H groups in total. The number of pyridine rings is 1. The predicted octanol–water partition coefficient (Wildman–Crippen LogP) is 3.24. The fraction of sp³-hybridized carbons (Fsp3) is 0.267. The van der Waals surface area contributed by atoms with Crippen LogP contribution in [0.2, 0.25) is 0 Å². The number of hydrogen-bond donors (Lipinski definition) is 1. The molecule has 3 nitrogen and oxygen atoms in total. The average molecular weight is 243 g/mol. The molecule has 0 aliphatic carbocycles. The van der Waals surface area contributed by atoms with Gasteiger partial charge >= 0.3 is 0 Å². The van der Waals surface area contributed by atoms with Crippen molar-refractivity contribution in [3.05, 3.63) is 53.2 Å². The van der Waals surface area contributed by atoms with Gasteiger partial charge in [0, 0.05) is 11.8 Å². The van der Waals surface area contributed by atoms with E-state index in [0.29, 0.717) is 5.88 Å². The van der Waals surface area contributed by atoms with Crippen LogP contribution in [0.25, 0.3) is 0 Å². The number of benzene rings is 1. The Labute approximate surface area is 107 Å². The number of hydrogen-bond acceptors (Lipinski definition) is 3. The molecular formula is C15H17NO2. The van der Waals surface area contributed by atoms with E-state index < -0.39 is 0 Å². The number of rotatable bonds is 4. The summed E-state index contributed by atoms with van der Waals surface area (Å²) in [7, 11) is 0. The Hall–Kier alpha value is -1.87. The molecule has 1 aromatic carbocycles. The molecule has 94 valence electrons. The SMILES string of the molecule is CCc1cccc(Oc2cc(CO)cc(C)n2)c1. The predicted molar refractivity (Wildman–Crippen MR) is 70.8 cm³/mol. The van der Waals surface area contributed by atoms with Gasteiger partial charge < -0.3 is 9.84 Å². The second-order valence-corrected chi connectivity index (χ2v) is 4.22. The third-order valence-corrected chi connectivity index (χ3v) is 2.70. The summed E-state index contributed by atoms with van der Waals surface area (Å²) in [6.07, 6.45) is 0.973. The monoisotopic (exact) mass is 243 g/mol. The first-order valence-electron chi connectivity index (χ1n) is 6.06. The number of aliphatic hydroxyl groups is 1. The van der Waals surface area contributed by atoms with Crippen LogP contribution in [0.4, 0.5) is 0 Å². The van der Waals surface area contributed by atoms with Gasteiger partial charge in [-0.25, -0.2) is 4.98 Å². The zero-order valence-electron chi connectivity index (χ0n) is 10.7. The standard InChI is InChI=1S/C15H17NO2/c1-3-12-5-4-6-14(8-12)18-15-9-13(10-17)7-11(2)16-15/h4-9,17H,3,10H2,1-2H3. The Morgan fingerprint density at radius 1 is 1.17 bits per heavy atom. The third-order valence-electron chi connectivity index (χ3n) is 2.70. The van der Waals surface area contributed by atoms with Gasteiger partial charge in [0.15, 0.2) is 0 Å². The van der Waals surface area contributed by atoms with Gasteiger partial charge in [-0.2, -0.15) is 0 Å². The van der Waals surface area contributed by atoms with Gasteiger partial charge in [0.25, 0.3) is 0 Å². The molecule has 2 aromatic rings. The molecule has 0 radical (unpaired) electrons. The lowest BCUT2D eigenvalue weighted by Gasteiger charge is -2.08. The van der Waals surface area contributed by atoms with Crippen molar-refractivity contribution in [1.29, 1.82) is 0 Å². The van der Waals surface area contributed by atoms with E-state index in [-0.39, 0.29) is 6.61 Å². The summed E-state index contributed by atoms with van der Waals surface area (Å²) < 4.78 is 5.72. The summed E-state index contributed by atoms with van der Waals surface area (Å²) >= 11 is 0. The highest BCUT2D eigenvalue weighted by molar-refractivity contribution is 5.33. The molecule has 3 heteroatoms. The van der Waals surface area contributed by atoms with Gasteiger partial charge in [0.1, 0.15) is 5.75 Å². The fourth-order valence-corrected chi connectivity index (χ4v) is 1.80. The number of aryl methyl sites for hydroxylation is 2. The smallest absolute Gasteiger partial charge is 0.219 e. The molecule has 0 bridgehead atoms. The topological polar surface area (TPSA) is 42.4 Å². The molecule has 0 aliphatic heterocycles. The molecule has 0 fully saturated rings. The van der Waals surface area contributed by atoms with E-state index in [4.69, 9.17) is 9.84 Å². The first kappa shape index (κ1) is 12.6. The van der Waals surface area contributed by atoms with Crippen molar-refractivity contribution in [2.75, 3.05) is 0 Å². The summed E-state index contributed by atoms with van der Waals surface area (Å²) in [4.78, 5) is 4.30. The largest absolute Gasteiger partial charge is 0.439 e. The Balaban J connectivity index is 2.24. The molecule has 1 heterocycles. The summed E-state index contributed by atoms with van der Waals surface area (Å²) in [5, 5.41) is 9.15. The molecule has 0 spiro atoms. The van der Waals surface area contributed by atoms with Crippen molar-refractivity contribution in [3.8, 4) is 11.6 Å². The lowest BCUT2D eigenvalue weighted by atomic mass is 10.2. The minimum Gasteiger partial charge on any atom is -0.439 e. The molecule has 0 amide bonds. The van der Waals surface area contributed by atoms with Crippen LogP contribution in [-0.2, 0) is 13.0 Å². The number of ether oxygens (including phenoxy) is 1.